The second-order valence-electron chi connectivity index (χ2n) is 9.76. The van der Waals surface area contributed by atoms with E-state index in [9.17, 15) is 22.8 Å². The average molecular weight is 519 g/mol. The number of carbonyl (C=O) groups is 1. The number of para-hydroxylation sites is 1. The van der Waals surface area contributed by atoms with Gasteiger partial charge in [0.2, 0.25) is 0 Å². The predicted octanol–water partition coefficient (Wildman–Crippen LogP) is 5.04. The molecule has 1 saturated carbocycles. The number of aromatic nitrogens is 3. The summed E-state index contributed by atoms with van der Waals surface area (Å²) in [6, 6.07) is 8.63. The highest BCUT2D eigenvalue weighted by molar-refractivity contribution is 6.06. The average Bonchev–Trinajstić information content (AvgIpc) is 3.52. The minimum absolute atomic E-state index is 0.136. The van der Waals surface area contributed by atoms with Crippen LogP contribution in [0.5, 0.6) is 5.75 Å². The fourth-order valence-corrected chi connectivity index (χ4v) is 4.70. The molecule has 1 aliphatic carbocycles. The molecule has 0 saturated heterocycles. The van der Waals surface area contributed by atoms with E-state index in [4.69, 9.17) is 4.74 Å². The van der Waals surface area contributed by atoms with Gasteiger partial charge in [0.05, 0.1) is 5.56 Å². The first-order valence-electron chi connectivity index (χ1n) is 12.2. The second-order valence-corrected chi connectivity index (χ2v) is 9.76. The van der Waals surface area contributed by atoms with E-state index in [2.05, 4.69) is 10.4 Å². The molecule has 1 aromatic heterocycles. The zero-order chi connectivity index (χ0) is 26.5. The minimum atomic E-state index is -4.74. The number of benzene rings is 2. The largest absolute Gasteiger partial charge is 0.480 e. The van der Waals surface area contributed by atoms with Crippen molar-refractivity contribution in [2.24, 2.45) is 5.41 Å². The lowest BCUT2D eigenvalue weighted by Gasteiger charge is -2.20. The van der Waals surface area contributed by atoms with Gasteiger partial charge in [-0.05, 0) is 55.7 Å². The van der Waals surface area contributed by atoms with Gasteiger partial charge in [-0.25, -0.2) is 9.18 Å². The van der Waals surface area contributed by atoms with Crippen molar-refractivity contribution in [3.8, 4) is 11.4 Å². The highest BCUT2D eigenvalue weighted by atomic mass is 19.4. The van der Waals surface area contributed by atoms with Crippen molar-refractivity contribution in [3.05, 3.63) is 69.7 Å². The van der Waals surface area contributed by atoms with Crippen molar-refractivity contribution < 1.29 is 27.1 Å². The van der Waals surface area contributed by atoms with E-state index in [-0.39, 0.29) is 11.1 Å². The third-order valence-electron chi connectivity index (χ3n) is 7.23. The molecule has 0 bridgehead atoms. The molecule has 1 amide bonds. The van der Waals surface area contributed by atoms with Gasteiger partial charge in [-0.15, -0.1) is 5.10 Å². The molecule has 196 valence electrons. The predicted molar refractivity (Wildman–Crippen MR) is 128 cm³/mol. The number of anilines is 1. The van der Waals surface area contributed by atoms with Gasteiger partial charge in [-0.3, -0.25) is 9.36 Å². The summed E-state index contributed by atoms with van der Waals surface area (Å²) in [6.45, 7) is 3.11. The molecule has 2 aliphatic rings. The quantitative estimate of drug-likeness (QED) is 0.464. The number of nitrogens with one attached hydrogen (secondary N) is 1. The van der Waals surface area contributed by atoms with Gasteiger partial charge in [0.1, 0.15) is 23.1 Å². The maximum Gasteiger partial charge on any atom is 0.425 e. The number of amides is 1. The Kier molecular flexibility index (Phi) is 6.12. The number of hydrogen-bond donors (Lipinski definition) is 1. The SMILES string of the molecule is CCc1ccccc1NC(=O)c1cc(F)c(-n2nc3n(c2=O)CCC2(CC2)C3)cc1O[C@@H](C)C(F)(F)F. The van der Waals surface area contributed by atoms with Gasteiger partial charge < -0.3 is 10.1 Å². The van der Waals surface area contributed by atoms with Crippen molar-refractivity contribution >= 4 is 11.6 Å². The standard InChI is InChI=1S/C26H26F4N4O3/c1-3-16-6-4-5-7-19(16)31-23(35)17-12-18(27)20(13-21(17)37-15(2)26(28,29)30)34-24(36)33-11-10-25(8-9-25)14-22(33)32-34/h4-7,12-13,15H,3,8-11,14H2,1-2H3,(H,31,35)/t15-/m0/s1. The Morgan fingerprint density at radius 2 is 1.95 bits per heavy atom. The molecular formula is C26H26F4N4O3. The molecule has 1 aliphatic heterocycles. The molecule has 1 spiro atoms. The summed E-state index contributed by atoms with van der Waals surface area (Å²) in [4.78, 5) is 26.1. The van der Waals surface area contributed by atoms with Crippen LogP contribution in [0.3, 0.4) is 0 Å². The van der Waals surface area contributed by atoms with E-state index in [1.54, 1.807) is 24.3 Å². The lowest BCUT2D eigenvalue weighted by Crippen LogP contribution is -2.32. The number of ether oxygens (including phenoxy) is 1. The summed E-state index contributed by atoms with van der Waals surface area (Å²) in [5, 5.41) is 6.93. The molecule has 1 fully saturated rings. The van der Waals surface area contributed by atoms with E-state index in [0.29, 0.717) is 30.9 Å². The number of rotatable bonds is 6. The van der Waals surface area contributed by atoms with Crippen LogP contribution in [-0.2, 0) is 19.4 Å². The van der Waals surface area contributed by atoms with Crippen LogP contribution in [0.2, 0.25) is 0 Å². The molecule has 1 N–H and O–H groups in total. The molecule has 2 aromatic carbocycles. The van der Waals surface area contributed by atoms with E-state index in [0.717, 1.165) is 48.6 Å². The van der Waals surface area contributed by atoms with Crippen LogP contribution in [0, 0.1) is 11.2 Å². The van der Waals surface area contributed by atoms with Crippen molar-refractivity contribution in [1.82, 2.24) is 14.3 Å². The van der Waals surface area contributed by atoms with Gasteiger partial charge in [-0.1, -0.05) is 25.1 Å². The summed E-state index contributed by atoms with van der Waals surface area (Å²) >= 11 is 0. The molecule has 2 heterocycles. The van der Waals surface area contributed by atoms with Crippen LogP contribution in [0.1, 0.15) is 54.9 Å². The smallest absolute Gasteiger partial charge is 0.425 e. The molecule has 7 nitrogen and oxygen atoms in total. The lowest BCUT2D eigenvalue weighted by molar-refractivity contribution is -0.189. The van der Waals surface area contributed by atoms with Crippen LogP contribution < -0.4 is 15.7 Å². The number of alkyl halides is 3. The maximum atomic E-state index is 15.4. The van der Waals surface area contributed by atoms with Crippen molar-refractivity contribution in [1.29, 1.82) is 0 Å². The number of halogens is 4. The summed E-state index contributed by atoms with van der Waals surface area (Å²) < 4.78 is 62.8. The van der Waals surface area contributed by atoms with Crippen LogP contribution >= 0.6 is 0 Å². The molecule has 1 atom stereocenters. The molecule has 5 rings (SSSR count). The molecule has 11 heteroatoms. The van der Waals surface area contributed by atoms with E-state index in [1.807, 2.05) is 6.92 Å². The highest BCUT2D eigenvalue weighted by Crippen LogP contribution is 2.53. The molecule has 0 radical (unpaired) electrons. The summed E-state index contributed by atoms with van der Waals surface area (Å²) in [6.07, 6.45) is -2.94. The molecule has 37 heavy (non-hydrogen) atoms. The molecule has 3 aromatic rings. The van der Waals surface area contributed by atoms with Gasteiger partial charge in [-0.2, -0.15) is 17.9 Å². The van der Waals surface area contributed by atoms with E-state index >= 15 is 4.39 Å². The number of carbonyl (C=O) groups excluding carboxylic acids is 1. The van der Waals surface area contributed by atoms with Crippen molar-refractivity contribution in [2.75, 3.05) is 5.32 Å². The van der Waals surface area contributed by atoms with Crippen LogP contribution in [0.15, 0.2) is 41.2 Å². The first-order valence-corrected chi connectivity index (χ1v) is 12.2. The zero-order valence-corrected chi connectivity index (χ0v) is 20.4. The van der Waals surface area contributed by atoms with Gasteiger partial charge in [0, 0.05) is 24.7 Å². The van der Waals surface area contributed by atoms with E-state index < -0.39 is 41.0 Å². The van der Waals surface area contributed by atoms with E-state index in [1.165, 1.54) is 4.57 Å². The minimum Gasteiger partial charge on any atom is -0.480 e. The molecular weight excluding hydrogens is 492 g/mol. The zero-order valence-electron chi connectivity index (χ0n) is 20.4. The Morgan fingerprint density at radius 1 is 1.22 bits per heavy atom. The van der Waals surface area contributed by atoms with Gasteiger partial charge >= 0.3 is 11.9 Å². The normalized spacial score (nSPS) is 16.8. The van der Waals surface area contributed by atoms with Crippen LogP contribution in [0.4, 0.5) is 23.2 Å². The summed E-state index contributed by atoms with van der Waals surface area (Å²) in [5.74, 6) is -1.83. The van der Waals surface area contributed by atoms with Gasteiger partial charge in [0.15, 0.2) is 6.10 Å². The Balaban J connectivity index is 1.56. The number of hydrogen-bond acceptors (Lipinski definition) is 4. The van der Waals surface area contributed by atoms with Crippen LogP contribution in [0.25, 0.3) is 5.69 Å². The number of aryl methyl sites for hydroxylation is 1. The maximum absolute atomic E-state index is 15.4. The molecule has 0 unspecified atom stereocenters. The lowest BCUT2D eigenvalue weighted by atomic mass is 9.95. The highest BCUT2D eigenvalue weighted by Gasteiger charge is 2.46. The summed E-state index contributed by atoms with van der Waals surface area (Å²) in [5.41, 5.74) is -0.0294. The van der Waals surface area contributed by atoms with Crippen molar-refractivity contribution in [2.45, 2.75) is 64.8 Å². The second kappa shape index (κ2) is 9.04. The monoisotopic (exact) mass is 518 g/mol. The third-order valence-corrected chi connectivity index (χ3v) is 7.23. The number of fused-ring (bicyclic) bond motifs is 1. The van der Waals surface area contributed by atoms with Gasteiger partial charge in [0.25, 0.3) is 5.91 Å². The topological polar surface area (TPSA) is 78.2 Å². The Bertz CT molecular complexity index is 1420. The first-order chi connectivity index (χ1) is 17.5. The Labute approximate surface area is 210 Å². The Morgan fingerprint density at radius 3 is 2.62 bits per heavy atom. The fourth-order valence-electron chi connectivity index (χ4n) is 4.70. The third kappa shape index (κ3) is 4.74. The Hall–Kier alpha value is -3.63. The van der Waals surface area contributed by atoms with Crippen LogP contribution in [-0.4, -0.2) is 32.5 Å². The summed E-state index contributed by atoms with van der Waals surface area (Å²) in [7, 11) is 0. The van der Waals surface area contributed by atoms with Crippen molar-refractivity contribution in [3.63, 3.8) is 0 Å². The number of nitrogens with zero attached hydrogens (tertiary/aromatic N) is 3. The first kappa shape index (κ1) is 25.0. The fraction of sp³-hybridized carbons (Fsp3) is 0.423.